The average molecular weight is 281 g/mol. The second-order valence-corrected chi connectivity index (χ2v) is 7.72. The van der Waals surface area contributed by atoms with Crippen molar-refractivity contribution in [1.82, 2.24) is 0 Å². The molecule has 0 N–H and O–H groups in total. The summed E-state index contributed by atoms with van der Waals surface area (Å²) >= 11 is 0.493. The molecule has 3 fully saturated rings. The van der Waals surface area contributed by atoms with Crippen molar-refractivity contribution in [2.75, 3.05) is 0 Å². The molecule has 0 radical (unpaired) electrons. The molecule has 3 heteroatoms. The van der Waals surface area contributed by atoms with Crippen LogP contribution in [0.1, 0.15) is 13.3 Å². The number of rotatable bonds is 2. The first kappa shape index (κ1) is 9.67. The van der Waals surface area contributed by atoms with E-state index in [9.17, 15) is 0 Å². The zero-order valence-corrected chi connectivity index (χ0v) is 10.8. The fraction of sp³-hybridized carbons (Fsp3) is 0.538. The minimum absolute atomic E-state index is 0.0681. The molecular weight excluding hydrogens is 267 g/mol. The number of hydrogen-bond donors (Lipinski definition) is 0. The van der Waals surface area contributed by atoms with Gasteiger partial charge in [-0.05, 0) is 0 Å². The summed E-state index contributed by atoms with van der Waals surface area (Å²) in [7, 11) is 0. The Hall–Kier alpha value is -0.341. The second-order valence-electron chi connectivity index (χ2n) is 5.09. The summed E-state index contributed by atoms with van der Waals surface area (Å²) < 4.78 is 13.5. The summed E-state index contributed by atoms with van der Waals surface area (Å²) in [6.07, 6.45) is 2.36. The third kappa shape index (κ3) is 1.15. The third-order valence-electron chi connectivity index (χ3n) is 3.94. The van der Waals surface area contributed by atoms with E-state index in [1.807, 2.05) is 0 Å². The maximum atomic E-state index is 6.01. The molecule has 3 aliphatic rings. The standard InChI is InChI=1S/C13H14O2Se/c1-13-7-9-11(10(15-13)12(13)14-9)16-8-5-3-2-4-6-8/h2-6,9-12H,7H2,1H3/t9-,10+,11-,12-,13-/m0/s1. The summed E-state index contributed by atoms with van der Waals surface area (Å²) in [5.41, 5.74) is 0.0681. The van der Waals surface area contributed by atoms with Crippen LogP contribution in [-0.2, 0) is 9.47 Å². The van der Waals surface area contributed by atoms with Crippen molar-refractivity contribution >= 4 is 19.4 Å². The van der Waals surface area contributed by atoms with E-state index in [0.717, 1.165) is 6.42 Å². The van der Waals surface area contributed by atoms with E-state index in [-0.39, 0.29) is 5.60 Å². The van der Waals surface area contributed by atoms with Crippen LogP contribution in [0.4, 0.5) is 0 Å². The number of ether oxygens (including phenoxy) is 2. The molecule has 3 aliphatic heterocycles. The molecule has 0 saturated carbocycles. The minimum atomic E-state index is 0.0681. The average Bonchev–Trinajstić information content (AvgIpc) is 2.69. The molecule has 1 aromatic rings. The van der Waals surface area contributed by atoms with Crippen molar-refractivity contribution in [3.05, 3.63) is 30.3 Å². The Bertz CT molecular complexity index is 417. The molecule has 2 bridgehead atoms. The van der Waals surface area contributed by atoms with Crippen LogP contribution < -0.4 is 4.46 Å². The molecule has 84 valence electrons. The van der Waals surface area contributed by atoms with Gasteiger partial charge >= 0.3 is 101 Å². The van der Waals surface area contributed by atoms with Gasteiger partial charge in [-0.15, -0.1) is 0 Å². The van der Waals surface area contributed by atoms with Crippen molar-refractivity contribution in [2.24, 2.45) is 0 Å². The first-order chi connectivity index (χ1) is 7.76. The van der Waals surface area contributed by atoms with E-state index in [0.29, 0.717) is 38.1 Å². The second kappa shape index (κ2) is 3.11. The molecule has 0 aromatic heterocycles. The zero-order chi connectivity index (χ0) is 10.8. The Morgan fingerprint density at radius 1 is 1.31 bits per heavy atom. The zero-order valence-electron chi connectivity index (χ0n) is 9.13. The van der Waals surface area contributed by atoms with Gasteiger partial charge in [0, 0.05) is 0 Å². The molecule has 0 unspecified atom stereocenters. The Balaban J connectivity index is 1.55. The third-order valence-corrected chi connectivity index (χ3v) is 6.85. The predicted octanol–water partition coefficient (Wildman–Crippen LogP) is 1.13. The van der Waals surface area contributed by atoms with Crippen LogP contribution in [-0.4, -0.2) is 38.9 Å². The molecular formula is C13H14O2Se. The van der Waals surface area contributed by atoms with Gasteiger partial charge in [0.1, 0.15) is 0 Å². The van der Waals surface area contributed by atoms with E-state index >= 15 is 0 Å². The molecule has 1 aromatic carbocycles. The van der Waals surface area contributed by atoms with Crippen LogP contribution >= 0.6 is 0 Å². The normalized spacial score (nSPS) is 48.1. The summed E-state index contributed by atoms with van der Waals surface area (Å²) in [5.74, 6) is 0. The van der Waals surface area contributed by atoms with Gasteiger partial charge in [0.05, 0.1) is 0 Å². The van der Waals surface area contributed by atoms with E-state index < -0.39 is 0 Å². The van der Waals surface area contributed by atoms with Crippen molar-refractivity contribution in [3.63, 3.8) is 0 Å². The van der Waals surface area contributed by atoms with Crippen LogP contribution in [0.15, 0.2) is 30.3 Å². The van der Waals surface area contributed by atoms with E-state index in [1.165, 1.54) is 4.46 Å². The number of benzene rings is 1. The first-order valence-electron chi connectivity index (χ1n) is 5.81. The van der Waals surface area contributed by atoms with Crippen LogP contribution in [0, 0.1) is 0 Å². The summed E-state index contributed by atoms with van der Waals surface area (Å²) in [4.78, 5) is 0.640. The molecule has 5 atom stereocenters. The van der Waals surface area contributed by atoms with E-state index in [1.54, 1.807) is 0 Å². The molecule has 0 spiro atoms. The Morgan fingerprint density at radius 3 is 2.75 bits per heavy atom. The molecule has 3 saturated heterocycles. The molecule has 2 nitrogen and oxygen atoms in total. The molecule has 3 heterocycles. The molecule has 0 aliphatic carbocycles. The van der Waals surface area contributed by atoms with Crippen molar-refractivity contribution in [2.45, 2.75) is 42.1 Å². The SMILES string of the molecule is C[C@]12C[C@@H]3O[C@H]1[C@H](O2)[C@H]3[Se]c1ccccc1. The van der Waals surface area contributed by atoms with E-state index in [2.05, 4.69) is 37.3 Å². The van der Waals surface area contributed by atoms with Gasteiger partial charge < -0.3 is 0 Å². The van der Waals surface area contributed by atoms with Crippen LogP contribution in [0.25, 0.3) is 0 Å². The van der Waals surface area contributed by atoms with Gasteiger partial charge in [-0.25, -0.2) is 0 Å². The number of hydrogen-bond acceptors (Lipinski definition) is 2. The van der Waals surface area contributed by atoms with Crippen molar-refractivity contribution < 1.29 is 9.47 Å². The van der Waals surface area contributed by atoms with Gasteiger partial charge in [0.25, 0.3) is 0 Å². The Morgan fingerprint density at radius 2 is 2.12 bits per heavy atom. The number of fused-ring (bicyclic) bond motifs is 1. The molecule has 4 rings (SSSR count). The summed E-state index contributed by atoms with van der Waals surface area (Å²) in [5, 5.41) is 0. The van der Waals surface area contributed by atoms with Crippen molar-refractivity contribution in [1.29, 1.82) is 0 Å². The quantitative estimate of drug-likeness (QED) is 0.757. The van der Waals surface area contributed by atoms with Crippen LogP contribution in [0.2, 0.25) is 4.82 Å². The van der Waals surface area contributed by atoms with Crippen LogP contribution in [0.3, 0.4) is 0 Å². The molecule has 16 heavy (non-hydrogen) atoms. The Kier molecular flexibility index (Phi) is 1.88. The first-order valence-corrected chi connectivity index (χ1v) is 7.66. The maximum absolute atomic E-state index is 6.01. The topological polar surface area (TPSA) is 18.5 Å². The fourth-order valence-corrected chi connectivity index (χ4v) is 5.85. The Labute approximate surface area is 101 Å². The fourth-order valence-electron chi connectivity index (χ4n) is 3.18. The van der Waals surface area contributed by atoms with Gasteiger partial charge in [0.2, 0.25) is 0 Å². The predicted molar refractivity (Wildman–Crippen MR) is 62.1 cm³/mol. The van der Waals surface area contributed by atoms with Crippen LogP contribution in [0.5, 0.6) is 0 Å². The van der Waals surface area contributed by atoms with Gasteiger partial charge in [-0.3, -0.25) is 0 Å². The van der Waals surface area contributed by atoms with Crippen molar-refractivity contribution in [3.8, 4) is 0 Å². The van der Waals surface area contributed by atoms with Gasteiger partial charge in [0.15, 0.2) is 0 Å². The van der Waals surface area contributed by atoms with E-state index in [4.69, 9.17) is 9.47 Å². The monoisotopic (exact) mass is 282 g/mol. The summed E-state index contributed by atoms with van der Waals surface area (Å²) in [6, 6.07) is 10.8. The van der Waals surface area contributed by atoms with Gasteiger partial charge in [-0.2, -0.15) is 0 Å². The molecule has 0 amide bonds. The van der Waals surface area contributed by atoms with Gasteiger partial charge in [-0.1, -0.05) is 0 Å². The summed E-state index contributed by atoms with van der Waals surface area (Å²) in [6.45, 7) is 2.19.